The molecule has 1 aliphatic rings. The highest BCUT2D eigenvalue weighted by molar-refractivity contribution is 5.35. The van der Waals surface area contributed by atoms with E-state index in [2.05, 4.69) is 18.3 Å². The zero-order valence-corrected chi connectivity index (χ0v) is 13.0. The van der Waals surface area contributed by atoms with Gasteiger partial charge in [-0.15, -0.1) is 0 Å². The van der Waals surface area contributed by atoms with Crippen molar-refractivity contribution in [3.63, 3.8) is 0 Å². The van der Waals surface area contributed by atoms with Crippen molar-refractivity contribution in [2.45, 2.75) is 45.3 Å². The Morgan fingerprint density at radius 2 is 2.14 bits per heavy atom. The van der Waals surface area contributed by atoms with Gasteiger partial charge in [0.15, 0.2) is 0 Å². The van der Waals surface area contributed by atoms with Crippen molar-refractivity contribution in [1.82, 2.24) is 5.32 Å². The van der Waals surface area contributed by atoms with E-state index in [0.717, 1.165) is 30.6 Å². The number of nitrogens with one attached hydrogen (secondary N) is 1. The first-order valence-corrected chi connectivity index (χ1v) is 7.82. The largest absolute Gasteiger partial charge is 0.491 e. The van der Waals surface area contributed by atoms with Crippen LogP contribution in [-0.2, 0) is 0 Å². The van der Waals surface area contributed by atoms with E-state index in [-0.39, 0.29) is 13.2 Å². The predicted octanol–water partition coefficient (Wildman–Crippen LogP) is 1.79. The molecule has 2 rings (SSSR count). The molecule has 0 amide bonds. The average Bonchev–Trinajstić information content (AvgIpc) is 2.91. The molecular weight excluding hydrogens is 266 g/mol. The van der Waals surface area contributed by atoms with Crippen LogP contribution in [0.1, 0.15) is 30.4 Å². The highest BCUT2D eigenvalue weighted by Crippen LogP contribution is 2.25. The molecule has 3 N–H and O–H groups in total. The predicted molar refractivity (Wildman–Crippen MR) is 83.6 cm³/mol. The van der Waals surface area contributed by atoms with Crippen LogP contribution in [0.3, 0.4) is 0 Å². The van der Waals surface area contributed by atoms with Crippen LogP contribution in [0.5, 0.6) is 5.75 Å². The third-order valence-electron chi connectivity index (χ3n) is 4.27. The van der Waals surface area contributed by atoms with E-state index >= 15 is 0 Å². The minimum Gasteiger partial charge on any atom is -0.491 e. The highest BCUT2D eigenvalue weighted by atomic mass is 16.5. The second-order valence-electron chi connectivity index (χ2n) is 6.12. The number of rotatable bonds is 7. The number of benzene rings is 1. The number of ether oxygens (including phenoxy) is 1. The molecule has 118 valence electrons. The summed E-state index contributed by atoms with van der Waals surface area (Å²) >= 11 is 0. The Kier molecular flexibility index (Phi) is 6.03. The number of hydrogen-bond donors (Lipinski definition) is 3. The third-order valence-corrected chi connectivity index (χ3v) is 4.27. The van der Waals surface area contributed by atoms with Gasteiger partial charge >= 0.3 is 0 Å². The molecule has 0 saturated heterocycles. The molecule has 1 aromatic rings. The van der Waals surface area contributed by atoms with Crippen LogP contribution in [0, 0.1) is 19.8 Å². The molecule has 1 aliphatic carbocycles. The van der Waals surface area contributed by atoms with Gasteiger partial charge in [-0.1, -0.05) is 24.1 Å². The Balaban J connectivity index is 1.73. The van der Waals surface area contributed by atoms with Crippen LogP contribution in [0.15, 0.2) is 18.2 Å². The second-order valence-corrected chi connectivity index (χ2v) is 6.12. The lowest BCUT2D eigenvalue weighted by molar-refractivity contribution is 0.0989. The number of aliphatic hydroxyl groups excluding tert-OH is 2. The second kappa shape index (κ2) is 7.78. The SMILES string of the molecule is Cc1ccc(OCC(O)CNC2CCCC2CO)c(C)c1. The van der Waals surface area contributed by atoms with Gasteiger partial charge in [0.1, 0.15) is 18.5 Å². The molecular formula is C17H27NO3. The fraction of sp³-hybridized carbons (Fsp3) is 0.647. The van der Waals surface area contributed by atoms with Crippen LogP contribution < -0.4 is 10.1 Å². The molecule has 4 heteroatoms. The molecule has 3 unspecified atom stereocenters. The molecule has 0 heterocycles. The van der Waals surface area contributed by atoms with Crippen LogP contribution in [0.2, 0.25) is 0 Å². The lowest BCUT2D eigenvalue weighted by Gasteiger charge is -2.21. The van der Waals surface area contributed by atoms with E-state index in [4.69, 9.17) is 4.74 Å². The Hall–Kier alpha value is -1.10. The summed E-state index contributed by atoms with van der Waals surface area (Å²) in [6, 6.07) is 6.36. The fourth-order valence-electron chi connectivity index (χ4n) is 3.02. The van der Waals surface area contributed by atoms with E-state index in [1.165, 1.54) is 5.56 Å². The van der Waals surface area contributed by atoms with Gasteiger partial charge in [0.25, 0.3) is 0 Å². The summed E-state index contributed by atoms with van der Waals surface area (Å²) < 4.78 is 5.68. The van der Waals surface area contributed by atoms with Crippen molar-refractivity contribution in [2.24, 2.45) is 5.92 Å². The fourth-order valence-corrected chi connectivity index (χ4v) is 3.02. The Morgan fingerprint density at radius 3 is 2.86 bits per heavy atom. The molecule has 3 atom stereocenters. The molecule has 0 radical (unpaired) electrons. The number of aliphatic hydroxyl groups is 2. The van der Waals surface area contributed by atoms with E-state index in [9.17, 15) is 10.2 Å². The molecule has 1 fully saturated rings. The Labute approximate surface area is 127 Å². The van der Waals surface area contributed by atoms with Gasteiger partial charge in [-0.2, -0.15) is 0 Å². The first-order chi connectivity index (χ1) is 10.1. The summed E-state index contributed by atoms with van der Waals surface area (Å²) in [6.07, 6.45) is 2.77. The molecule has 1 aromatic carbocycles. The first-order valence-electron chi connectivity index (χ1n) is 7.82. The lowest BCUT2D eigenvalue weighted by Crippen LogP contribution is -2.40. The van der Waals surface area contributed by atoms with Gasteiger partial charge in [0.05, 0.1) is 0 Å². The Bertz CT molecular complexity index is 450. The molecule has 1 saturated carbocycles. The Morgan fingerprint density at radius 1 is 1.33 bits per heavy atom. The summed E-state index contributed by atoms with van der Waals surface area (Å²) in [7, 11) is 0. The standard InChI is InChI=1S/C17H27NO3/c1-12-6-7-17(13(2)8-12)21-11-15(20)9-18-16-5-3-4-14(16)10-19/h6-8,14-16,18-20H,3-5,9-11H2,1-2H3. The maximum absolute atomic E-state index is 10.0. The summed E-state index contributed by atoms with van der Waals surface area (Å²) in [6.45, 7) is 5.08. The van der Waals surface area contributed by atoms with Gasteiger partial charge < -0.3 is 20.3 Å². The minimum atomic E-state index is -0.536. The minimum absolute atomic E-state index is 0.229. The van der Waals surface area contributed by atoms with Gasteiger partial charge in [0, 0.05) is 19.2 Å². The van der Waals surface area contributed by atoms with Gasteiger partial charge in [-0.05, 0) is 44.2 Å². The maximum Gasteiger partial charge on any atom is 0.122 e. The van der Waals surface area contributed by atoms with Gasteiger partial charge in [0.2, 0.25) is 0 Å². The van der Waals surface area contributed by atoms with Gasteiger partial charge in [-0.25, -0.2) is 0 Å². The van der Waals surface area contributed by atoms with E-state index < -0.39 is 6.10 Å². The van der Waals surface area contributed by atoms with Crippen molar-refractivity contribution in [3.8, 4) is 5.75 Å². The summed E-state index contributed by atoms with van der Waals surface area (Å²) in [5.41, 5.74) is 2.30. The highest BCUT2D eigenvalue weighted by Gasteiger charge is 2.26. The first kappa shape index (κ1) is 16.3. The topological polar surface area (TPSA) is 61.7 Å². The summed E-state index contributed by atoms with van der Waals surface area (Å²) in [5.74, 6) is 1.16. The third kappa shape index (κ3) is 4.70. The quantitative estimate of drug-likeness (QED) is 0.717. The number of hydrogen-bond acceptors (Lipinski definition) is 4. The van der Waals surface area contributed by atoms with Crippen LogP contribution in [0.4, 0.5) is 0 Å². The van der Waals surface area contributed by atoms with Crippen LogP contribution in [-0.4, -0.2) is 42.1 Å². The van der Waals surface area contributed by atoms with Crippen molar-refractivity contribution < 1.29 is 14.9 Å². The van der Waals surface area contributed by atoms with Crippen molar-refractivity contribution in [1.29, 1.82) is 0 Å². The van der Waals surface area contributed by atoms with Crippen molar-refractivity contribution in [3.05, 3.63) is 29.3 Å². The molecule has 0 bridgehead atoms. The van der Waals surface area contributed by atoms with E-state index in [0.29, 0.717) is 18.5 Å². The van der Waals surface area contributed by atoms with Crippen LogP contribution >= 0.6 is 0 Å². The molecule has 21 heavy (non-hydrogen) atoms. The summed E-state index contributed by atoms with van der Waals surface area (Å²) in [4.78, 5) is 0. The van der Waals surface area contributed by atoms with E-state index in [1.807, 2.05) is 19.1 Å². The molecule has 4 nitrogen and oxygen atoms in total. The van der Waals surface area contributed by atoms with Gasteiger partial charge in [-0.3, -0.25) is 0 Å². The van der Waals surface area contributed by atoms with E-state index in [1.54, 1.807) is 0 Å². The van der Waals surface area contributed by atoms with Crippen molar-refractivity contribution in [2.75, 3.05) is 19.8 Å². The molecule has 0 aliphatic heterocycles. The number of aryl methyl sites for hydroxylation is 2. The van der Waals surface area contributed by atoms with Crippen LogP contribution in [0.25, 0.3) is 0 Å². The summed E-state index contributed by atoms with van der Waals surface area (Å²) in [5, 5.41) is 22.7. The van der Waals surface area contributed by atoms with Crippen molar-refractivity contribution >= 4 is 0 Å². The normalized spacial score (nSPS) is 23.2. The smallest absolute Gasteiger partial charge is 0.122 e. The molecule has 0 aromatic heterocycles. The average molecular weight is 293 g/mol. The maximum atomic E-state index is 10.0. The lowest BCUT2D eigenvalue weighted by atomic mass is 10.1. The zero-order valence-electron chi connectivity index (χ0n) is 13.0. The molecule has 0 spiro atoms. The zero-order chi connectivity index (χ0) is 15.2. The monoisotopic (exact) mass is 293 g/mol.